The van der Waals surface area contributed by atoms with Crippen LogP contribution in [0.2, 0.25) is 0 Å². The second kappa shape index (κ2) is 3.51. The van der Waals surface area contributed by atoms with Gasteiger partial charge >= 0.3 is 0 Å². The molecule has 0 aromatic rings. The number of rotatable bonds is 1. The van der Waals surface area contributed by atoms with E-state index in [2.05, 4.69) is 23.6 Å². The van der Waals surface area contributed by atoms with Crippen LogP contribution in [0.4, 0.5) is 0 Å². The maximum atomic E-state index is 3.32. The van der Waals surface area contributed by atoms with Crippen LogP contribution in [0.5, 0.6) is 0 Å². The Bertz CT molecular complexity index is 99.5. The summed E-state index contributed by atoms with van der Waals surface area (Å²) in [5, 5.41) is 6.61. The third-order valence-corrected chi connectivity index (χ3v) is 1.42. The third kappa shape index (κ3) is 2.06. The van der Waals surface area contributed by atoms with Crippen LogP contribution in [0.25, 0.3) is 0 Å². The van der Waals surface area contributed by atoms with Crippen LogP contribution in [-0.2, 0) is 0 Å². The maximum absolute atomic E-state index is 3.32. The van der Waals surface area contributed by atoms with Gasteiger partial charge in [0.1, 0.15) is 0 Å². The van der Waals surface area contributed by atoms with E-state index in [9.17, 15) is 0 Å². The van der Waals surface area contributed by atoms with Gasteiger partial charge < -0.3 is 10.6 Å². The Labute approximate surface area is 56.3 Å². The van der Waals surface area contributed by atoms with Gasteiger partial charge in [-0.1, -0.05) is 13.0 Å². The maximum Gasteiger partial charge on any atom is 0.0351 e. The fourth-order valence-corrected chi connectivity index (χ4v) is 0.988. The number of hydrogen-bond donors (Lipinski definition) is 2. The smallest absolute Gasteiger partial charge is 0.0351 e. The summed E-state index contributed by atoms with van der Waals surface area (Å²) in [6, 6.07) is 0. The van der Waals surface area contributed by atoms with Crippen LogP contribution >= 0.6 is 0 Å². The minimum absolute atomic E-state index is 1.02. The molecule has 1 aliphatic rings. The first kappa shape index (κ1) is 6.62. The molecule has 0 amide bonds. The minimum Gasteiger partial charge on any atom is -0.386 e. The Morgan fingerprint density at radius 3 is 3.00 bits per heavy atom. The molecule has 0 spiro atoms. The van der Waals surface area contributed by atoms with E-state index >= 15 is 0 Å². The van der Waals surface area contributed by atoms with E-state index in [4.69, 9.17) is 0 Å². The first-order valence-electron chi connectivity index (χ1n) is 3.57. The molecule has 0 bridgehead atoms. The predicted molar refractivity (Wildman–Crippen MR) is 39.2 cm³/mol. The van der Waals surface area contributed by atoms with Gasteiger partial charge in [-0.3, -0.25) is 0 Å². The lowest BCUT2D eigenvalue weighted by molar-refractivity contribution is 0.595. The van der Waals surface area contributed by atoms with Gasteiger partial charge in [-0.05, 0) is 6.42 Å². The summed E-state index contributed by atoms with van der Waals surface area (Å²) in [5.74, 6) is 0. The molecule has 0 unspecified atom stereocenters. The fraction of sp³-hybridized carbons (Fsp3) is 0.714. The SMILES string of the molecule is CC/C=C1/CNCCN1. The summed E-state index contributed by atoms with van der Waals surface area (Å²) in [5.41, 5.74) is 1.35. The summed E-state index contributed by atoms with van der Waals surface area (Å²) in [6.45, 7) is 5.35. The topological polar surface area (TPSA) is 24.1 Å². The van der Waals surface area contributed by atoms with Crippen LogP contribution in [-0.4, -0.2) is 19.6 Å². The molecule has 0 aromatic heterocycles. The van der Waals surface area contributed by atoms with Crippen LogP contribution in [0.15, 0.2) is 11.8 Å². The van der Waals surface area contributed by atoms with Gasteiger partial charge in [-0.25, -0.2) is 0 Å². The second-order valence-corrected chi connectivity index (χ2v) is 2.24. The number of allylic oxidation sites excluding steroid dienone is 1. The van der Waals surface area contributed by atoms with Gasteiger partial charge in [-0.15, -0.1) is 0 Å². The van der Waals surface area contributed by atoms with Crippen LogP contribution < -0.4 is 10.6 Å². The van der Waals surface area contributed by atoms with Crippen molar-refractivity contribution in [3.05, 3.63) is 11.8 Å². The molecule has 0 aromatic carbocycles. The van der Waals surface area contributed by atoms with E-state index in [0.717, 1.165) is 26.1 Å². The molecule has 2 heteroatoms. The van der Waals surface area contributed by atoms with E-state index in [1.165, 1.54) is 5.70 Å². The highest BCUT2D eigenvalue weighted by Gasteiger charge is 1.99. The van der Waals surface area contributed by atoms with Crippen molar-refractivity contribution in [2.24, 2.45) is 0 Å². The van der Waals surface area contributed by atoms with Crippen molar-refractivity contribution in [2.45, 2.75) is 13.3 Å². The molecule has 1 fully saturated rings. The quantitative estimate of drug-likeness (QED) is 0.534. The molecule has 1 aliphatic heterocycles. The number of nitrogens with one attached hydrogen (secondary N) is 2. The number of piperazine rings is 1. The molecule has 9 heavy (non-hydrogen) atoms. The Morgan fingerprint density at radius 2 is 2.44 bits per heavy atom. The van der Waals surface area contributed by atoms with Gasteiger partial charge in [0.25, 0.3) is 0 Å². The summed E-state index contributed by atoms with van der Waals surface area (Å²) in [4.78, 5) is 0. The first-order chi connectivity index (χ1) is 4.43. The molecule has 1 saturated heterocycles. The zero-order valence-corrected chi connectivity index (χ0v) is 5.91. The molecular formula is C7H14N2. The molecule has 0 atom stereocenters. The van der Waals surface area contributed by atoms with E-state index < -0.39 is 0 Å². The normalized spacial score (nSPS) is 23.9. The Hall–Kier alpha value is -0.500. The highest BCUT2D eigenvalue weighted by molar-refractivity contribution is 5.03. The fourth-order valence-electron chi connectivity index (χ4n) is 0.988. The Kier molecular flexibility index (Phi) is 2.58. The monoisotopic (exact) mass is 126 g/mol. The van der Waals surface area contributed by atoms with Gasteiger partial charge in [0.2, 0.25) is 0 Å². The highest BCUT2D eigenvalue weighted by atomic mass is 15.0. The zero-order valence-electron chi connectivity index (χ0n) is 5.91. The molecule has 2 nitrogen and oxygen atoms in total. The standard InChI is InChI=1S/C7H14N2/c1-2-3-7-6-8-4-5-9-7/h3,8-9H,2,4-6H2,1H3/b7-3-. The van der Waals surface area contributed by atoms with Crippen molar-refractivity contribution in [3.63, 3.8) is 0 Å². The summed E-state index contributed by atoms with van der Waals surface area (Å²) in [6.07, 6.45) is 3.36. The lowest BCUT2D eigenvalue weighted by atomic mass is 10.3. The van der Waals surface area contributed by atoms with Crippen LogP contribution in [0.1, 0.15) is 13.3 Å². The van der Waals surface area contributed by atoms with E-state index in [-0.39, 0.29) is 0 Å². The highest BCUT2D eigenvalue weighted by Crippen LogP contribution is 1.92. The lowest BCUT2D eigenvalue weighted by Gasteiger charge is -2.17. The summed E-state index contributed by atoms with van der Waals surface area (Å²) >= 11 is 0. The number of hydrogen-bond acceptors (Lipinski definition) is 2. The molecule has 0 aliphatic carbocycles. The van der Waals surface area contributed by atoms with Gasteiger partial charge in [0, 0.05) is 25.3 Å². The Morgan fingerprint density at radius 1 is 1.56 bits per heavy atom. The predicted octanol–water partition coefficient (Wildman–Crippen LogP) is 0.473. The second-order valence-electron chi connectivity index (χ2n) is 2.24. The van der Waals surface area contributed by atoms with Crippen molar-refractivity contribution in [2.75, 3.05) is 19.6 Å². The van der Waals surface area contributed by atoms with Crippen molar-refractivity contribution in [1.82, 2.24) is 10.6 Å². The van der Waals surface area contributed by atoms with Crippen LogP contribution in [0.3, 0.4) is 0 Å². The van der Waals surface area contributed by atoms with Crippen molar-refractivity contribution in [1.29, 1.82) is 0 Å². The zero-order chi connectivity index (χ0) is 6.53. The molecule has 1 rings (SSSR count). The van der Waals surface area contributed by atoms with Gasteiger partial charge in [0.05, 0.1) is 0 Å². The summed E-state index contributed by atoms with van der Waals surface area (Å²) in [7, 11) is 0. The van der Waals surface area contributed by atoms with Crippen molar-refractivity contribution in [3.8, 4) is 0 Å². The Balaban J connectivity index is 2.30. The minimum atomic E-state index is 1.02. The molecule has 52 valence electrons. The largest absolute Gasteiger partial charge is 0.386 e. The summed E-state index contributed by atoms with van der Waals surface area (Å²) < 4.78 is 0. The lowest BCUT2D eigenvalue weighted by Crippen LogP contribution is -2.37. The van der Waals surface area contributed by atoms with E-state index in [0.29, 0.717) is 0 Å². The first-order valence-corrected chi connectivity index (χ1v) is 3.57. The van der Waals surface area contributed by atoms with Gasteiger partial charge in [-0.2, -0.15) is 0 Å². The van der Waals surface area contributed by atoms with E-state index in [1.807, 2.05) is 0 Å². The van der Waals surface area contributed by atoms with E-state index in [1.54, 1.807) is 0 Å². The average molecular weight is 126 g/mol. The van der Waals surface area contributed by atoms with Crippen LogP contribution in [0, 0.1) is 0 Å². The molecule has 1 heterocycles. The molecule has 0 saturated carbocycles. The average Bonchev–Trinajstić information content (AvgIpc) is 1.91. The van der Waals surface area contributed by atoms with Gasteiger partial charge in [0.15, 0.2) is 0 Å². The molecule has 0 radical (unpaired) electrons. The van der Waals surface area contributed by atoms with Crippen molar-refractivity contribution >= 4 is 0 Å². The van der Waals surface area contributed by atoms with Crippen molar-refractivity contribution < 1.29 is 0 Å². The third-order valence-electron chi connectivity index (χ3n) is 1.42. The molecule has 2 N–H and O–H groups in total. The molecular weight excluding hydrogens is 112 g/mol.